The van der Waals surface area contributed by atoms with Crippen molar-refractivity contribution in [3.63, 3.8) is 0 Å². The van der Waals surface area contributed by atoms with Crippen LogP contribution in [0.3, 0.4) is 0 Å². The van der Waals surface area contributed by atoms with E-state index in [1.54, 1.807) is 20.8 Å². The van der Waals surface area contributed by atoms with Gasteiger partial charge in [0.05, 0.1) is 12.5 Å². The minimum Gasteiger partial charge on any atom is -0.466 e. The topological polar surface area (TPSA) is 586 Å². The van der Waals surface area contributed by atoms with Gasteiger partial charge < -0.3 is 152 Å². The molecule has 0 atom stereocenters. The van der Waals surface area contributed by atoms with Crippen LogP contribution in [0.1, 0.15) is 27.2 Å². The third kappa shape index (κ3) is 46.1. The third-order valence-electron chi connectivity index (χ3n) is 7.46. The third-order valence-corrected chi connectivity index (χ3v) is 7.46. The summed E-state index contributed by atoms with van der Waals surface area (Å²) in [5, 5.41) is 0. The molecule has 502 valence electrons. The molecule has 0 fully saturated rings. The van der Waals surface area contributed by atoms with Crippen molar-refractivity contribution in [2.75, 3.05) is 122 Å². The highest BCUT2D eigenvalue weighted by Gasteiger charge is 2.27. The molecule has 49 heteroatoms. The highest BCUT2D eigenvalue weighted by Crippen LogP contribution is 2.21. The average molecular weight is 1310 g/mol. The first kappa shape index (κ1) is 77.0. The van der Waals surface area contributed by atoms with Gasteiger partial charge in [-0.15, -0.1) is 0 Å². The summed E-state index contributed by atoms with van der Waals surface area (Å²) < 4.78 is 138. The van der Waals surface area contributed by atoms with Gasteiger partial charge in [0.1, 0.15) is 13.2 Å². The van der Waals surface area contributed by atoms with Crippen molar-refractivity contribution in [1.82, 2.24) is 0 Å². The lowest BCUT2D eigenvalue weighted by molar-refractivity contribution is -0.155. The van der Waals surface area contributed by atoms with Gasteiger partial charge in [-0.2, -0.15) is 0 Å². The molecule has 0 aromatic rings. The molecule has 0 unspecified atom stereocenters. The van der Waals surface area contributed by atoms with Gasteiger partial charge in [-0.25, -0.2) is 76.7 Å². The molecule has 0 saturated heterocycles. The Kier molecular flexibility index (Phi) is 41.0. The number of hydrogen-bond donors (Lipinski definition) is 0. The van der Waals surface area contributed by atoms with Crippen LogP contribution in [0, 0.1) is 5.41 Å². The van der Waals surface area contributed by atoms with Crippen LogP contribution < -0.4 is 0 Å². The molecule has 0 aliphatic rings. The van der Waals surface area contributed by atoms with Gasteiger partial charge in [-0.3, -0.25) is 4.79 Å². The van der Waals surface area contributed by atoms with Crippen LogP contribution in [0.4, 0.5) is 71.9 Å². The van der Waals surface area contributed by atoms with E-state index in [1.807, 2.05) is 0 Å². The summed E-state index contributed by atoms with van der Waals surface area (Å²) in [6, 6.07) is 0. The van der Waals surface area contributed by atoms with Crippen LogP contribution in [0.5, 0.6) is 0 Å². The van der Waals surface area contributed by atoms with Crippen molar-refractivity contribution in [3.8, 4) is 0 Å². The first-order chi connectivity index (χ1) is 42.3. The van der Waals surface area contributed by atoms with E-state index in [2.05, 4.69) is 147 Å². The van der Waals surface area contributed by atoms with E-state index in [0.717, 1.165) is 7.11 Å². The number of carbonyl (C=O) groups excluding carboxylic acids is 17. The molecule has 0 N–H and O–H groups in total. The number of carbonyl (C=O) groups is 17. The monoisotopic (exact) mass is 1310 g/mol. The number of methoxy groups -OCH3 is 1. The predicted molar refractivity (Wildman–Crippen MR) is 238 cm³/mol. The quantitative estimate of drug-likeness (QED) is 0.0381. The van der Waals surface area contributed by atoms with Gasteiger partial charge in [0.15, 0.2) is 6.61 Å². The zero-order valence-electron chi connectivity index (χ0n) is 45.7. The van der Waals surface area contributed by atoms with Crippen LogP contribution >= 0.6 is 0 Å². The smallest absolute Gasteiger partial charge is 0.466 e. The molecular weight excluding hydrogens is 1260 g/mol. The Hall–Kier alpha value is -12.0. The maximum absolute atomic E-state index is 11.8. The van der Waals surface area contributed by atoms with Crippen molar-refractivity contribution in [3.05, 3.63) is 0 Å². The molecule has 0 heterocycles. The zero-order valence-corrected chi connectivity index (χ0v) is 45.7. The summed E-state index contributed by atoms with van der Waals surface area (Å²) in [7, 11) is 1.02. The maximum atomic E-state index is 11.8. The molecule has 89 heavy (non-hydrogen) atoms. The Morgan fingerprint density at radius 1 is 0.225 bits per heavy atom. The lowest BCUT2D eigenvalue weighted by atomic mass is 9.91. The van der Waals surface area contributed by atoms with Gasteiger partial charge in [-0.05, 0) is 20.3 Å². The van der Waals surface area contributed by atoms with Gasteiger partial charge in [0, 0.05) is 0 Å². The molecular formula is C40H48O49. The van der Waals surface area contributed by atoms with Crippen molar-refractivity contribution in [2.24, 2.45) is 5.41 Å². The van der Waals surface area contributed by atoms with Crippen LogP contribution in [0.2, 0.25) is 0 Å². The second-order valence-electron chi connectivity index (χ2n) is 13.5. The summed E-state index contributed by atoms with van der Waals surface area (Å²) in [6.07, 6.45) is -22.7. The van der Waals surface area contributed by atoms with E-state index in [9.17, 15) is 81.5 Å². The van der Waals surface area contributed by atoms with Crippen LogP contribution in [0.25, 0.3) is 0 Å². The fraction of sp³-hybridized carbons (Fsp3) is 0.575. The van der Waals surface area contributed by atoms with Gasteiger partial charge in [-0.1, -0.05) is 6.92 Å². The summed E-state index contributed by atoms with van der Waals surface area (Å²) in [5.74, 6) is -1.41. The molecule has 0 aromatic heterocycles. The Bertz CT molecular complexity index is 2320. The Labute approximate surface area is 491 Å². The summed E-state index contributed by atoms with van der Waals surface area (Å²) in [5.41, 5.74) is -0.732. The highest BCUT2D eigenvalue weighted by molar-refractivity contribution is 5.76. The molecule has 0 radical (unpaired) electrons. The number of hydrogen-bond acceptors (Lipinski definition) is 49. The number of ether oxygens (including phenoxy) is 32. The fourth-order valence-electron chi connectivity index (χ4n) is 3.16. The zero-order chi connectivity index (χ0) is 66.7. The van der Waals surface area contributed by atoms with E-state index in [4.69, 9.17) is 4.74 Å². The Morgan fingerprint density at radius 2 is 0.371 bits per heavy atom. The van der Waals surface area contributed by atoms with E-state index < -0.39 is 211 Å². The van der Waals surface area contributed by atoms with E-state index in [-0.39, 0.29) is 13.2 Å². The summed E-state index contributed by atoms with van der Waals surface area (Å²) in [4.78, 5) is 194. The van der Waals surface area contributed by atoms with Crippen LogP contribution in [0.15, 0.2) is 0 Å². The Balaban J connectivity index is 3.84. The van der Waals surface area contributed by atoms with E-state index >= 15 is 0 Å². The molecule has 0 aliphatic carbocycles. The minimum atomic E-state index is -1.62. The number of rotatable bonds is 35. The lowest BCUT2D eigenvalue weighted by Crippen LogP contribution is -2.27. The van der Waals surface area contributed by atoms with Crippen molar-refractivity contribution >= 4 is 104 Å². The minimum absolute atomic E-state index is 0.260. The molecule has 0 amide bonds. The van der Waals surface area contributed by atoms with Crippen LogP contribution in [-0.2, 0) is 161 Å². The molecule has 0 spiro atoms. The fourth-order valence-corrected chi connectivity index (χ4v) is 3.16. The molecule has 0 rings (SSSR count). The second-order valence-corrected chi connectivity index (χ2v) is 13.5. The summed E-state index contributed by atoms with van der Waals surface area (Å²) >= 11 is 0. The molecule has 49 nitrogen and oxygen atoms in total. The normalized spacial score (nSPS) is 9.80. The second kappa shape index (κ2) is 47.4. The van der Waals surface area contributed by atoms with Crippen molar-refractivity contribution in [2.45, 2.75) is 27.2 Å². The van der Waals surface area contributed by atoms with Crippen molar-refractivity contribution in [1.29, 1.82) is 0 Å². The first-order valence-corrected chi connectivity index (χ1v) is 22.5. The van der Waals surface area contributed by atoms with E-state index in [1.165, 1.54) is 0 Å². The van der Waals surface area contributed by atoms with E-state index in [0.29, 0.717) is 6.42 Å². The molecule has 0 saturated carbocycles. The SMILES string of the molecule is CCC(C)(C)C(=O)OCCOC(=O)OCOC(=O)OCOC(=O)OCOC(=O)OCOC(=O)OCOC(=O)OCOC(=O)OCOC(=O)OCOC(=O)OCOC(=O)OCOC(=O)OCOC(=O)OCOC(=O)OCOC(=O)OCOC(=O)OCC(=O)OC. The Morgan fingerprint density at radius 3 is 0.528 bits per heavy atom. The molecule has 0 aliphatic heterocycles. The standard InChI is InChI=1S/C40H48O49/c1-5-40(2,3)24(42)59-6-7-60-25(43)62-9-64-27(45)66-11-68-29(47)70-13-72-31(49)74-15-76-33(51)78-17-80-35(53)82-19-84-37(55)86-21-88-39(57)89-22-87-38(56)85-20-83-36(54)81-18-79-34(52)77-16-75-32(50)73-14-71-30(48)69-12-67-28(46)65-10-63-26(44)61-8-23(41)58-4/h5-22H2,1-4H3. The lowest BCUT2D eigenvalue weighted by Gasteiger charge is -2.20. The number of esters is 2. The summed E-state index contributed by atoms with van der Waals surface area (Å²) in [6.45, 7) is -12.2. The van der Waals surface area contributed by atoms with Gasteiger partial charge >= 0.3 is 104 Å². The first-order valence-electron chi connectivity index (χ1n) is 22.5. The average Bonchev–Trinajstić information content (AvgIpc) is 3.49. The highest BCUT2D eigenvalue weighted by atomic mass is 16.9. The van der Waals surface area contributed by atoms with Crippen LogP contribution in [-0.4, -0.2) is 226 Å². The largest absolute Gasteiger partial charge is 0.514 e. The van der Waals surface area contributed by atoms with Gasteiger partial charge in [0.25, 0.3) is 0 Å². The molecule has 0 aromatic carbocycles. The predicted octanol–water partition coefficient (Wildman–Crippen LogP) is 2.84. The maximum Gasteiger partial charge on any atom is 0.514 e. The van der Waals surface area contributed by atoms with Crippen molar-refractivity contribution < 1.29 is 233 Å². The van der Waals surface area contributed by atoms with Gasteiger partial charge in [0.2, 0.25) is 95.1 Å². The molecule has 0 bridgehead atoms.